The molecule has 0 saturated heterocycles. The summed E-state index contributed by atoms with van der Waals surface area (Å²) in [5.41, 5.74) is 1.04. The molecule has 0 aliphatic carbocycles. The van der Waals surface area contributed by atoms with Crippen LogP contribution in [0.15, 0.2) is 22.7 Å². The molecule has 1 rings (SSSR count). The van der Waals surface area contributed by atoms with Crippen molar-refractivity contribution in [3.63, 3.8) is 0 Å². The van der Waals surface area contributed by atoms with Crippen LogP contribution < -0.4 is 15.4 Å². The lowest BCUT2D eigenvalue weighted by Gasteiger charge is -2.18. The lowest BCUT2D eigenvalue weighted by molar-refractivity contribution is -0.127. The summed E-state index contributed by atoms with van der Waals surface area (Å²) in [5.74, 6) is 1.24. The van der Waals surface area contributed by atoms with Crippen LogP contribution in [0.3, 0.4) is 0 Å². The predicted molar refractivity (Wildman–Crippen MR) is 89.5 cm³/mol. The van der Waals surface area contributed by atoms with E-state index >= 15 is 0 Å². The van der Waals surface area contributed by atoms with Gasteiger partial charge in [0.05, 0.1) is 0 Å². The van der Waals surface area contributed by atoms with Crippen LogP contribution in [0, 0.1) is 5.92 Å². The van der Waals surface area contributed by atoms with E-state index < -0.39 is 6.10 Å². The van der Waals surface area contributed by atoms with Crippen LogP contribution in [0.25, 0.3) is 0 Å². The molecular weight excluding hydrogens is 332 g/mol. The summed E-state index contributed by atoms with van der Waals surface area (Å²) in [6.45, 7) is 10.3. The van der Waals surface area contributed by atoms with Gasteiger partial charge in [-0.2, -0.15) is 0 Å². The van der Waals surface area contributed by atoms with Crippen molar-refractivity contribution in [2.45, 2.75) is 40.3 Å². The molecule has 1 unspecified atom stereocenters. The summed E-state index contributed by atoms with van der Waals surface area (Å²) in [6, 6.07) is 5.84. The second-order valence-electron chi connectivity index (χ2n) is 5.43. The summed E-state index contributed by atoms with van der Waals surface area (Å²) in [7, 11) is 0. The van der Waals surface area contributed by atoms with Crippen molar-refractivity contribution in [3.8, 4) is 5.75 Å². The first kappa shape index (κ1) is 18.0. The van der Waals surface area contributed by atoms with Crippen LogP contribution >= 0.6 is 15.9 Å². The molecule has 0 bridgehead atoms. The van der Waals surface area contributed by atoms with E-state index in [9.17, 15) is 4.79 Å². The Bertz CT molecular complexity index is 464. The second kappa shape index (κ2) is 9.05. The highest BCUT2D eigenvalue weighted by Gasteiger charge is 2.15. The fourth-order valence-electron chi connectivity index (χ4n) is 1.86. The van der Waals surface area contributed by atoms with Crippen LogP contribution in [0.2, 0.25) is 0 Å². The molecule has 1 atom stereocenters. The quantitative estimate of drug-likeness (QED) is 0.752. The third-order valence-corrected chi connectivity index (χ3v) is 3.41. The number of carbonyl (C=O) groups is 1. The summed E-state index contributed by atoms with van der Waals surface area (Å²) >= 11 is 3.47. The maximum Gasteiger partial charge on any atom is 0.260 e. The minimum atomic E-state index is -0.505. The molecule has 0 aromatic heterocycles. The van der Waals surface area contributed by atoms with Crippen molar-refractivity contribution >= 4 is 21.8 Å². The largest absolute Gasteiger partial charge is 0.481 e. The summed E-state index contributed by atoms with van der Waals surface area (Å²) in [5, 5.41) is 6.16. The Kier molecular flexibility index (Phi) is 7.75. The van der Waals surface area contributed by atoms with Crippen molar-refractivity contribution in [3.05, 3.63) is 28.2 Å². The van der Waals surface area contributed by atoms with Crippen LogP contribution in [0.4, 0.5) is 0 Å². The molecular formula is C16H25BrN2O2. The van der Waals surface area contributed by atoms with Gasteiger partial charge in [-0.1, -0.05) is 29.8 Å². The summed E-state index contributed by atoms with van der Waals surface area (Å²) < 4.78 is 6.80. The molecule has 1 amide bonds. The molecule has 0 aliphatic heterocycles. The molecule has 4 nitrogen and oxygen atoms in total. The number of nitrogens with one attached hydrogen (secondary N) is 2. The molecule has 21 heavy (non-hydrogen) atoms. The highest BCUT2D eigenvalue weighted by atomic mass is 79.9. The Morgan fingerprint density at radius 3 is 2.67 bits per heavy atom. The molecule has 0 heterocycles. The molecule has 2 N–H and O–H groups in total. The Hall–Kier alpha value is -1.07. The van der Waals surface area contributed by atoms with Gasteiger partial charge in [0.25, 0.3) is 5.91 Å². The number of rotatable bonds is 8. The standard InChI is InChI=1S/C16H25BrN2O2/c1-5-19-16(20)12(4)21-15-7-6-14(17)8-13(15)10-18-9-11(2)3/h6-8,11-12,18H,5,9-10H2,1-4H3,(H,19,20). The first-order valence-electron chi connectivity index (χ1n) is 7.37. The van der Waals surface area contributed by atoms with Gasteiger partial charge in [0.1, 0.15) is 5.75 Å². The first-order chi connectivity index (χ1) is 9.93. The van der Waals surface area contributed by atoms with Gasteiger partial charge in [-0.15, -0.1) is 0 Å². The Labute approximate surface area is 135 Å². The molecule has 1 aromatic rings. The molecule has 0 radical (unpaired) electrons. The average Bonchev–Trinajstić information content (AvgIpc) is 2.41. The zero-order valence-electron chi connectivity index (χ0n) is 13.2. The van der Waals surface area contributed by atoms with E-state index in [1.54, 1.807) is 6.92 Å². The van der Waals surface area contributed by atoms with Crippen molar-refractivity contribution in [1.29, 1.82) is 0 Å². The predicted octanol–water partition coefficient (Wildman–Crippen LogP) is 3.10. The van der Waals surface area contributed by atoms with Gasteiger partial charge >= 0.3 is 0 Å². The number of amides is 1. The molecule has 5 heteroatoms. The van der Waals surface area contributed by atoms with E-state index in [1.165, 1.54) is 0 Å². The number of carbonyl (C=O) groups excluding carboxylic acids is 1. The maximum absolute atomic E-state index is 11.8. The Morgan fingerprint density at radius 2 is 2.05 bits per heavy atom. The Morgan fingerprint density at radius 1 is 1.33 bits per heavy atom. The van der Waals surface area contributed by atoms with E-state index in [0.717, 1.165) is 28.9 Å². The van der Waals surface area contributed by atoms with Crippen LogP contribution in [0.5, 0.6) is 5.75 Å². The van der Waals surface area contributed by atoms with Gasteiger partial charge < -0.3 is 15.4 Å². The van der Waals surface area contributed by atoms with E-state index in [2.05, 4.69) is 40.4 Å². The lowest BCUT2D eigenvalue weighted by atomic mass is 10.1. The number of likely N-dealkylation sites (N-methyl/N-ethyl adjacent to an activating group) is 1. The fourth-order valence-corrected chi connectivity index (χ4v) is 2.27. The van der Waals surface area contributed by atoms with Gasteiger partial charge in [-0.25, -0.2) is 0 Å². The fraction of sp³-hybridized carbons (Fsp3) is 0.562. The zero-order chi connectivity index (χ0) is 15.8. The van der Waals surface area contributed by atoms with Gasteiger partial charge in [-0.3, -0.25) is 4.79 Å². The minimum Gasteiger partial charge on any atom is -0.481 e. The minimum absolute atomic E-state index is 0.0958. The Balaban J connectivity index is 2.74. The van der Waals surface area contributed by atoms with Gasteiger partial charge in [0, 0.05) is 23.1 Å². The number of hydrogen-bond acceptors (Lipinski definition) is 3. The van der Waals surface area contributed by atoms with Gasteiger partial charge in [0.15, 0.2) is 6.10 Å². The van der Waals surface area contributed by atoms with Crippen LogP contribution in [0.1, 0.15) is 33.3 Å². The molecule has 118 valence electrons. The zero-order valence-corrected chi connectivity index (χ0v) is 14.8. The third-order valence-electron chi connectivity index (χ3n) is 2.91. The summed E-state index contributed by atoms with van der Waals surface area (Å²) in [6.07, 6.45) is -0.505. The highest BCUT2D eigenvalue weighted by molar-refractivity contribution is 9.10. The van der Waals surface area contributed by atoms with Crippen LogP contribution in [-0.2, 0) is 11.3 Å². The molecule has 0 fully saturated rings. The average molecular weight is 357 g/mol. The van der Waals surface area contributed by atoms with E-state index in [1.807, 2.05) is 25.1 Å². The second-order valence-corrected chi connectivity index (χ2v) is 6.35. The van der Waals surface area contributed by atoms with Gasteiger partial charge in [0.2, 0.25) is 0 Å². The van der Waals surface area contributed by atoms with E-state index in [4.69, 9.17) is 4.74 Å². The molecule has 0 saturated carbocycles. The number of halogens is 1. The highest BCUT2D eigenvalue weighted by Crippen LogP contribution is 2.24. The maximum atomic E-state index is 11.8. The topological polar surface area (TPSA) is 50.4 Å². The first-order valence-corrected chi connectivity index (χ1v) is 8.16. The van der Waals surface area contributed by atoms with Crippen molar-refractivity contribution in [1.82, 2.24) is 10.6 Å². The third kappa shape index (κ3) is 6.48. The summed E-state index contributed by atoms with van der Waals surface area (Å²) in [4.78, 5) is 11.8. The number of hydrogen-bond donors (Lipinski definition) is 2. The van der Waals surface area contributed by atoms with Crippen molar-refractivity contribution in [2.24, 2.45) is 5.92 Å². The van der Waals surface area contributed by atoms with Crippen LogP contribution in [-0.4, -0.2) is 25.1 Å². The monoisotopic (exact) mass is 356 g/mol. The normalized spacial score (nSPS) is 12.3. The van der Waals surface area contributed by atoms with E-state index in [-0.39, 0.29) is 5.91 Å². The van der Waals surface area contributed by atoms with E-state index in [0.29, 0.717) is 12.5 Å². The van der Waals surface area contributed by atoms with Crippen molar-refractivity contribution in [2.75, 3.05) is 13.1 Å². The lowest BCUT2D eigenvalue weighted by Crippen LogP contribution is -2.36. The molecule has 1 aromatic carbocycles. The molecule has 0 aliphatic rings. The van der Waals surface area contributed by atoms with Gasteiger partial charge in [-0.05, 0) is 44.5 Å². The smallest absolute Gasteiger partial charge is 0.260 e. The van der Waals surface area contributed by atoms with Crippen molar-refractivity contribution < 1.29 is 9.53 Å². The number of ether oxygens (including phenoxy) is 1. The SMILES string of the molecule is CCNC(=O)C(C)Oc1ccc(Br)cc1CNCC(C)C. The number of benzene rings is 1. The molecule has 0 spiro atoms.